The second-order valence-corrected chi connectivity index (χ2v) is 7.91. The van der Waals surface area contributed by atoms with Crippen LogP contribution in [0.1, 0.15) is 41.4 Å². The quantitative estimate of drug-likeness (QED) is 0.535. The van der Waals surface area contributed by atoms with Crippen LogP contribution in [0.15, 0.2) is 78.9 Å². The third-order valence-electron chi connectivity index (χ3n) is 5.82. The van der Waals surface area contributed by atoms with E-state index in [1.807, 2.05) is 54.6 Å². The summed E-state index contributed by atoms with van der Waals surface area (Å²) < 4.78 is 5.82. The Morgan fingerprint density at radius 3 is 2.00 bits per heavy atom. The lowest BCUT2D eigenvalue weighted by atomic mass is 9.91. The number of carbonyl (C=O) groups excluding carboxylic acids is 1. The summed E-state index contributed by atoms with van der Waals surface area (Å²) in [5.41, 5.74) is 11.4. The second kappa shape index (κ2) is 9.14. The predicted octanol–water partition coefficient (Wildman–Crippen LogP) is 4.32. The lowest BCUT2D eigenvalue weighted by Gasteiger charge is -2.21. The molecule has 0 aromatic heterocycles. The van der Waals surface area contributed by atoms with Gasteiger partial charge in [-0.2, -0.15) is 0 Å². The lowest BCUT2D eigenvalue weighted by Crippen LogP contribution is -2.30. The zero-order chi connectivity index (χ0) is 21.8. The molecule has 2 atom stereocenters. The molecular formula is C26H25NO4. The van der Waals surface area contributed by atoms with Gasteiger partial charge in [-0.3, -0.25) is 9.59 Å². The van der Waals surface area contributed by atoms with Gasteiger partial charge < -0.3 is 15.6 Å². The number of rotatable bonds is 8. The Morgan fingerprint density at radius 2 is 1.42 bits per heavy atom. The smallest absolute Gasteiger partial charge is 0.313 e. The minimum absolute atomic E-state index is 0.0273. The maximum absolute atomic E-state index is 13.1. The van der Waals surface area contributed by atoms with E-state index in [2.05, 4.69) is 24.3 Å². The summed E-state index contributed by atoms with van der Waals surface area (Å²) in [6, 6.07) is 25.0. The first-order valence-electron chi connectivity index (χ1n) is 10.4. The summed E-state index contributed by atoms with van der Waals surface area (Å²) >= 11 is 0. The molecule has 1 unspecified atom stereocenters. The minimum atomic E-state index is -0.980. The van der Waals surface area contributed by atoms with E-state index in [9.17, 15) is 9.59 Å². The van der Waals surface area contributed by atoms with E-state index >= 15 is 0 Å². The van der Waals surface area contributed by atoms with Crippen LogP contribution in [0.2, 0.25) is 0 Å². The highest BCUT2D eigenvalue weighted by Crippen LogP contribution is 2.44. The number of esters is 1. The van der Waals surface area contributed by atoms with Crippen LogP contribution >= 0.6 is 0 Å². The monoisotopic (exact) mass is 415 g/mol. The maximum Gasteiger partial charge on any atom is 0.313 e. The molecule has 3 aromatic carbocycles. The average molecular weight is 415 g/mol. The van der Waals surface area contributed by atoms with Crippen LogP contribution in [0.5, 0.6) is 0 Å². The van der Waals surface area contributed by atoms with E-state index in [0.29, 0.717) is 0 Å². The van der Waals surface area contributed by atoms with E-state index in [1.165, 1.54) is 11.1 Å². The van der Waals surface area contributed by atoms with E-state index in [1.54, 1.807) is 0 Å². The molecular weight excluding hydrogens is 390 g/mol. The molecule has 0 fully saturated rings. The van der Waals surface area contributed by atoms with Gasteiger partial charge in [0.1, 0.15) is 6.61 Å². The molecule has 5 heteroatoms. The van der Waals surface area contributed by atoms with E-state index in [-0.39, 0.29) is 31.3 Å². The standard InChI is InChI=1S/C26H25NO4/c27-18(15-25(28)29)14-23(17-8-2-1-3-9-17)26(30)31-16-24-21-12-6-4-10-19(21)20-11-5-7-13-22(20)24/h1-13,18,23-24H,14-16,27H2,(H,28,29)/t18-,23?/m0/s1. The van der Waals surface area contributed by atoms with Crippen molar-refractivity contribution in [1.82, 2.24) is 0 Å². The van der Waals surface area contributed by atoms with Crippen molar-refractivity contribution >= 4 is 11.9 Å². The Labute approximate surface area is 181 Å². The van der Waals surface area contributed by atoms with E-state index in [0.717, 1.165) is 16.7 Å². The number of benzene rings is 3. The molecule has 1 aliphatic carbocycles. The van der Waals surface area contributed by atoms with Crippen LogP contribution in [-0.4, -0.2) is 29.7 Å². The Kier molecular flexibility index (Phi) is 6.14. The molecule has 0 heterocycles. The molecule has 158 valence electrons. The number of nitrogens with two attached hydrogens (primary N) is 1. The van der Waals surface area contributed by atoms with Crippen LogP contribution in [-0.2, 0) is 14.3 Å². The number of aliphatic carboxylic acids is 1. The van der Waals surface area contributed by atoms with Gasteiger partial charge in [0, 0.05) is 12.0 Å². The van der Waals surface area contributed by atoms with Gasteiger partial charge in [0.15, 0.2) is 0 Å². The zero-order valence-corrected chi connectivity index (χ0v) is 17.1. The summed E-state index contributed by atoms with van der Waals surface area (Å²) in [6.45, 7) is 0.227. The second-order valence-electron chi connectivity index (χ2n) is 7.91. The van der Waals surface area contributed by atoms with Crippen molar-refractivity contribution in [2.45, 2.75) is 30.7 Å². The minimum Gasteiger partial charge on any atom is -0.481 e. The van der Waals surface area contributed by atoms with Crippen molar-refractivity contribution in [2.75, 3.05) is 6.61 Å². The fraction of sp³-hybridized carbons (Fsp3) is 0.231. The van der Waals surface area contributed by atoms with Gasteiger partial charge in [-0.05, 0) is 34.2 Å². The van der Waals surface area contributed by atoms with Crippen LogP contribution in [0.4, 0.5) is 0 Å². The highest BCUT2D eigenvalue weighted by atomic mass is 16.5. The molecule has 3 N–H and O–H groups in total. The molecule has 0 amide bonds. The molecule has 0 aliphatic heterocycles. The van der Waals surface area contributed by atoms with Gasteiger partial charge in [0.05, 0.1) is 12.3 Å². The molecule has 1 aliphatic rings. The number of hydrogen-bond acceptors (Lipinski definition) is 4. The van der Waals surface area contributed by atoms with Crippen LogP contribution < -0.4 is 5.73 Å². The average Bonchev–Trinajstić information content (AvgIpc) is 3.10. The Morgan fingerprint density at radius 1 is 0.871 bits per heavy atom. The summed E-state index contributed by atoms with van der Waals surface area (Å²) in [7, 11) is 0. The normalized spacial score (nSPS) is 14.4. The van der Waals surface area contributed by atoms with Crippen molar-refractivity contribution in [3.63, 3.8) is 0 Å². The van der Waals surface area contributed by atoms with Gasteiger partial charge in [0.2, 0.25) is 0 Å². The molecule has 0 spiro atoms. The van der Waals surface area contributed by atoms with Crippen molar-refractivity contribution in [3.8, 4) is 11.1 Å². The Hall–Kier alpha value is -3.44. The van der Waals surface area contributed by atoms with E-state index < -0.39 is 17.9 Å². The Bertz CT molecular complexity index is 1030. The van der Waals surface area contributed by atoms with Crippen molar-refractivity contribution in [2.24, 2.45) is 5.73 Å². The molecule has 5 nitrogen and oxygen atoms in total. The summed E-state index contributed by atoms with van der Waals surface area (Å²) in [5, 5.41) is 9.04. The lowest BCUT2D eigenvalue weighted by molar-refractivity contribution is -0.146. The van der Waals surface area contributed by atoms with Gasteiger partial charge >= 0.3 is 11.9 Å². The molecule has 0 saturated carbocycles. The Balaban J connectivity index is 1.53. The maximum atomic E-state index is 13.1. The van der Waals surface area contributed by atoms with Crippen LogP contribution in [0, 0.1) is 0 Å². The molecule has 0 radical (unpaired) electrons. The van der Waals surface area contributed by atoms with Gasteiger partial charge in [-0.25, -0.2) is 0 Å². The van der Waals surface area contributed by atoms with Gasteiger partial charge in [0.25, 0.3) is 0 Å². The summed E-state index contributed by atoms with van der Waals surface area (Å²) in [6.07, 6.45) is 0.0208. The largest absolute Gasteiger partial charge is 0.481 e. The zero-order valence-electron chi connectivity index (χ0n) is 17.1. The molecule has 3 aromatic rings. The first-order chi connectivity index (χ1) is 15.0. The predicted molar refractivity (Wildman–Crippen MR) is 119 cm³/mol. The van der Waals surface area contributed by atoms with Crippen LogP contribution in [0.3, 0.4) is 0 Å². The summed E-state index contributed by atoms with van der Waals surface area (Å²) in [5.74, 6) is -2.00. The number of carboxylic acid groups (broad SMARTS) is 1. The molecule has 31 heavy (non-hydrogen) atoms. The van der Waals surface area contributed by atoms with Crippen molar-refractivity contribution in [3.05, 3.63) is 95.6 Å². The number of carbonyl (C=O) groups is 2. The highest BCUT2D eigenvalue weighted by Gasteiger charge is 2.31. The third-order valence-corrected chi connectivity index (χ3v) is 5.82. The molecule has 4 rings (SSSR count). The van der Waals surface area contributed by atoms with E-state index in [4.69, 9.17) is 15.6 Å². The third kappa shape index (κ3) is 4.52. The highest BCUT2D eigenvalue weighted by molar-refractivity contribution is 5.80. The molecule has 0 bridgehead atoms. The number of ether oxygens (including phenoxy) is 1. The topological polar surface area (TPSA) is 89.6 Å². The van der Waals surface area contributed by atoms with Gasteiger partial charge in [-0.1, -0.05) is 78.9 Å². The fourth-order valence-corrected chi connectivity index (χ4v) is 4.37. The fourth-order valence-electron chi connectivity index (χ4n) is 4.37. The van der Waals surface area contributed by atoms with Gasteiger partial charge in [-0.15, -0.1) is 0 Å². The first kappa shape index (κ1) is 20.8. The molecule has 0 saturated heterocycles. The first-order valence-corrected chi connectivity index (χ1v) is 10.4. The van der Waals surface area contributed by atoms with Crippen molar-refractivity contribution in [1.29, 1.82) is 0 Å². The van der Waals surface area contributed by atoms with Crippen molar-refractivity contribution < 1.29 is 19.4 Å². The number of carboxylic acids is 1. The number of hydrogen-bond donors (Lipinski definition) is 2. The van der Waals surface area contributed by atoms with Crippen LogP contribution in [0.25, 0.3) is 11.1 Å². The SMILES string of the molecule is N[C@H](CC(=O)O)CC(C(=O)OCC1c2ccccc2-c2ccccc21)c1ccccc1. The summed E-state index contributed by atoms with van der Waals surface area (Å²) in [4.78, 5) is 24.2. The number of fused-ring (bicyclic) bond motifs is 3.